The third kappa shape index (κ3) is 5.65. The second-order valence-electron chi connectivity index (χ2n) is 7.31. The number of carbonyl (C=O) groups is 1. The van der Waals surface area contributed by atoms with Gasteiger partial charge < -0.3 is 5.32 Å². The molecule has 0 atom stereocenters. The predicted octanol–water partition coefficient (Wildman–Crippen LogP) is 6.91. The van der Waals surface area contributed by atoms with Gasteiger partial charge in [0.15, 0.2) is 5.17 Å². The lowest BCUT2D eigenvalue weighted by atomic mass is 10.1. The first-order valence-corrected chi connectivity index (χ1v) is 11.9. The van der Waals surface area contributed by atoms with E-state index < -0.39 is 4.92 Å². The average Bonchev–Trinajstić information content (AvgIpc) is 3.11. The highest BCUT2D eigenvalue weighted by atomic mass is 35.5. The molecule has 1 heterocycles. The van der Waals surface area contributed by atoms with E-state index in [1.54, 1.807) is 30.3 Å². The van der Waals surface area contributed by atoms with Crippen molar-refractivity contribution < 1.29 is 9.72 Å². The fourth-order valence-electron chi connectivity index (χ4n) is 3.15. The molecule has 166 valence electrons. The van der Waals surface area contributed by atoms with Crippen molar-refractivity contribution in [2.24, 2.45) is 4.99 Å². The highest BCUT2D eigenvalue weighted by Gasteiger charge is 2.24. The number of nitro benzene ring substituents is 1. The SMILES string of the molecule is Cc1ccc(N=C2NC(=O)C(=Cc3ccc(Sc4ccc(Cl)cc4)c([N+](=O)[O-])c3)S2)c(C)c1. The number of rotatable bonds is 5. The van der Waals surface area contributed by atoms with Crippen LogP contribution in [0, 0.1) is 24.0 Å². The fraction of sp³-hybridized carbons (Fsp3) is 0.0833. The maximum atomic E-state index is 12.4. The average molecular weight is 496 g/mol. The molecule has 9 heteroatoms. The number of thioether (sulfide) groups is 1. The smallest absolute Gasteiger partial charge is 0.283 e. The summed E-state index contributed by atoms with van der Waals surface area (Å²) in [5.41, 5.74) is 3.46. The Balaban J connectivity index is 1.58. The summed E-state index contributed by atoms with van der Waals surface area (Å²) in [6, 6.07) is 17.9. The molecule has 1 aliphatic heterocycles. The van der Waals surface area contributed by atoms with Crippen LogP contribution in [0.5, 0.6) is 0 Å². The van der Waals surface area contributed by atoms with E-state index in [2.05, 4.69) is 10.3 Å². The van der Waals surface area contributed by atoms with E-state index in [4.69, 9.17) is 11.6 Å². The standard InChI is InChI=1S/C24H18ClN3O3S2/c1-14-3-9-19(15(2)11-14)26-24-27-23(29)22(33-24)13-16-4-10-21(20(12-16)28(30)31)32-18-7-5-17(25)6-8-18/h3-13H,1-2H3,(H,26,27,29). The summed E-state index contributed by atoms with van der Waals surface area (Å²) in [5, 5.41) is 15.5. The molecule has 3 aromatic carbocycles. The second kappa shape index (κ2) is 9.82. The van der Waals surface area contributed by atoms with Crippen molar-refractivity contribution >= 4 is 63.7 Å². The summed E-state index contributed by atoms with van der Waals surface area (Å²) in [6.45, 7) is 3.97. The van der Waals surface area contributed by atoms with E-state index in [9.17, 15) is 14.9 Å². The monoisotopic (exact) mass is 495 g/mol. The second-order valence-corrected chi connectivity index (χ2v) is 9.89. The molecule has 33 heavy (non-hydrogen) atoms. The minimum atomic E-state index is -0.421. The Bertz CT molecular complexity index is 1320. The van der Waals surface area contributed by atoms with E-state index in [0.717, 1.165) is 21.7 Å². The van der Waals surface area contributed by atoms with Crippen molar-refractivity contribution in [3.8, 4) is 0 Å². The van der Waals surface area contributed by atoms with Gasteiger partial charge in [0, 0.05) is 16.0 Å². The normalized spacial score (nSPS) is 15.8. The lowest BCUT2D eigenvalue weighted by Crippen LogP contribution is -2.19. The van der Waals surface area contributed by atoms with Crippen LogP contribution >= 0.6 is 35.1 Å². The number of nitrogens with one attached hydrogen (secondary N) is 1. The lowest BCUT2D eigenvalue weighted by Gasteiger charge is -2.05. The number of benzene rings is 3. The van der Waals surface area contributed by atoms with Gasteiger partial charge >= 0.3 is 0 Å². The molecule has 0 aromatic heterocycles. The number of carbonyl (C=O) groups excluding carboxylic acids is 1. The van der Waals surface area contributed by atoms with Crippen LogP contribution in [0.2, 0.25) is 5.02 Å². The number of hydrogen-bond donors (Lipinski definition) is 1. The van der Waals surface area contributed by atoms with Crippen molar-refractivity contribution in [2.45, 2.75) is 23.6 Å². The molecule has 0 bridgehead atoms. The third-order valence-electron chi connectivity index (χ3n) is 4.74. The van der Waals surface area contributed by atoms with Gasteiger partial charge in [-0.05, 0) is 79.2 Å². The topological polar surface area (TPSA) is 84.6 Å². The Morgan fingerprint density at radius 2 is 1.85 bits per heavy atom. The largest absolute Gasteiger partial charge is 0.300 e. The summed E-state index contributed by atoms with van der Waals surface area (Å²) < 4.78 is 0. The number of hydrogen-bond acceptors (Lipinski definition) is 6. The summed E-state index contributed by atoms with van der Waals surface area (Å²) in [6.07, 6.45) is 1.63. The molecule has 6 nitrogen and oxygen atoms in total. The van der Waals surface area contributed by atoms with Gasteiger partial charge in [0.25, 0.3) is 11.6 Å². The van der Waals surface area contributed by atoms with Crippen molar-refractivity contribution in [3.05, 3.63) is 97.4 Å². The van der Waals surface area contributed by atoms with Gasteiger partial charge in [0.05, 0.1) is 20.4 Å². The first-order valence-electron chi connectivity index (χ1n) is 9.87. The molecule has 3 aromatic rings. The minimum Gasteiger partial charge on any atom is -0.300 e. The van der Waals surface area contributed by atoms with Gasteiger partial charge in [-0.15, -0.1) is 0 Å². The molecule has 0 spiro atoms. The van der Waals surface area contributed by atoms with Crippen LogP contribution in [0.3, 0.4) is 0 Å². The predicted molar refractivity (Wildman–Crippen MR) is 135 cm³/mol. The zero-order valence-electron chi connectivity index (χ0n) is 17.7. The number of amides is 1. The van der Waals surface area contributed by atoms with Crippen molar-refractivity contribution in [1.29, 1.82) is 0 Å². The zero-order valence-corrected chi connectivity index (χ0v) is 20.1. The van der Waals surface area contributed by atoms with Crippen LogP contribution in [0.4, 0.5) is 11.4 Å². The van der Waals surface area contributed by atoms with Crippen LogP contribution in [0.1, 0.15) is 16.7 Å². The quantitative estimate of drug-likeness (QED) is 0.236. The number of nitro groups is 1. The minimum absolute atomic E-state index is 0.0307. The Morgan fingerprint density at radius 3 is 2.55 bits per heavy atom. The molecule has 4 rings (SSSR count). The number of halogens is 1. The number of aliphatic imine (C=N–C) groups is 1. The fourth-order valence-corrected chi connectivity index (χ4v) is 5.02. The number of nitrogens with zero attached hydrogens (tertiary/aromatic N) is 2. The maximum absolute atomic E-state index is 12.4. The number of amidine groups is 1. The number of aryl methyl sites for hydroxylation is 2. The van der Waals surface area contributed by atoms with Gasteiger partial charge in [-0.25, -0.2) is 4.99 Å². The van der Waals surface area contributed by atoms with Gasteiger partial charge in [-0.2, -0.15) is 0 Å². The van der Waals surface area contributed by atoms with Gasteiger partial charge in [0.2, 0.25) is 0 Å². The highest BCUT2D eigenvalue weighted by molar-refractivity contribution is 8.18. The van der Waals surface area contributed by atoms with Crippen molar-refractivity contribution in [2.75, 3.05) is 0 Å². The molecular weight excluding hydrogens is 478 g/mol. The van der Waals surface area contributed by atoms with Crippen LogP contribution in [0.15, 0.2) is 80.4 Å². The van der Waals surface area contributed by atoms with E-state index in [-0.39, 0.29) is 11.6 Å². The zero-order chi connectivity index (χ0) is 23.5. The van der Waals surface area contributed by atoms with Crippen molar-refractivity contribution in [3.63, 3.8) is 0 Å². The molecule has 1 N–H and O–H groups in total. The molecule has 0 unspecified atom stereocenters. The summed E-state index contributed by atoms with van der Waals surface area (Å²) in [7, 11) is 0. The molecule has 0 aliphatic carbocycles. The lowest BCUT2D eigenvalue weighted by molar-refractivity contribution is -0.387. The van der Waals surface area contributed by atoms with E-state index in [0.29, 0.717) is 25.6 Å². The summed E-state index contributed by atoms with van der Waals surface area (Å²) >= 11 is 8.40. The van der Waals surface area contributed by atoms with Crippen LogP contribution < -0.4 is 5.32 Å². The molecule has 0 saturated carbocycles. The molecule has 1 fully saturated rings. The molecule has 1 amide bonds. The first kappa shape index (κ1) is 23.1. The molecule has 1 saturated heterocycles. The third-order valence-corrected chi connectivity index (χ3v) is 6.98. The van der Waals surface area contributed by atoms with Gasteiger partial charge in [-0.3, -0.25) is 14.9 Å². The Hall–Kier alpha value is -3.07. The molecular formula is C24H18ClN3O3S2. The Morgan fingerprint density at radius 1 is 1.09 bits per heavy atom. The van der Waals surface area contributed by atoms with Crippen LogP contribution in [-0.4, -0.2) is 16.0 Å². The molecule has 1 aliphatic rings. The van der Waals surface area contributed by atoms with E-state index >= 15 is 0 Å². The maximum Gasteiger partial charge on any atom is 0.283 e. The Kier molecular flexibility index (Phi) is 6.88. The van der Waals surface area contributed by atoms with Crippen LogP contribution in [-0.2, 0) is 4.79 Å². The highest BCUT2D eigenvalue weighted by Crippen LogP contribution is 2.37. The van der Waals surface area contributed by atoms with E-state index in [1.165, 1.54) is 29.6 Å². The van der Waals surface area contributed by atoms with Crippen LogP contribution in [0.25, 0.3) is 6.08 Å². The van der Waals surface area contributed by atoms with Crippen molar-refractivity contribution in [1.82, 2.24) is 5.32 Å². The summed E-state index contributed by atoms with van der Waals surface area (Å²) in [5.74, 6) is -0.286. The first-order chi connectivity index (χ1) is 15.8. The Labute approximate surface area is 204 Å². The summed E-state index contributed by atoms with van der Waals surface area (Å²) in [4.78, 5) is 30.0. The van der Waals surface area contributed by atoms with E-state index in [1.807, 2.05) is 44.2 Å². The van der Waals surface area contributed by atoms with Gasteiger partial charge in [-0.1, -0.05) is 47.1 Å². The van der Waals surface area contributed by atoms with Gasteiger partial charge in [0.1, 0.15) is 0 Å². The molecule has 0 radical (unpaired) electrons.